The molecule has 1 heterocycles. The molecule has 2 amide bonds. The first-order valence-corrected chi connectivity index (χ1v) is 10.8. The molecule has 0 aliphatic carbocycles. The molecule has 1 fully saturated rings. The first-order valence-electron chi connectivity index (χ1n) is 8.48. The zero-order valence-electron chi connectivity index (χ0n) is 15.6. The van der Waals surface area contributed by atoms with Crippen molar-refractivity contribution in [2.24, 2.45) is 0 Å². The Balaban J connectivity index is 1.69. The molecular weight excluding hydrogens is 529 g/mol. The van der Waals surface area contributed by atoms with Gasteiger partial charge in [0.1, 0.15) is 12.4 Å². The van der Waals surface area contributed by atoms with Crippen LogP contribution in [-0.4, -0.2) is 43.4 Å². The second-order valence-corrected chi connectivity index (χ2v) is 8.47. The summed E-state index contributed by atoms with van der Waals surface area (Å²) < 4.78 is 17.1. The van der Waals surface area contributed by atoms with Crippen molar-refractivity contribution in [3.05, 3.63) is 55.5 Å². The fourth-order valence-electron chi connectivity index (χ4n) is 2.65. The maximum absolute atomic E-state index is 12.7. The van der Waals surface area contributed by atoms with Crippen LogP contribution in [0.3, 0.4) is 0 Å². The average molecular weight is 546 g/mol. The quantitative estimate of drug-likeness (QED) is 0.357. The highest BCUT2D eigenvalue weighted by molar-refractivity contribution is 14.1. The molecule has 0 spiro atoms. The van der Waals surface area contributed by atoms with Gasteiger partial charge in [-0.25, -0.2) is 0 Å². The van der Waals surface area contributed by atoms with Crippen LogP contribution >= 0.6 is 46.0 Å². The highest BCUT2D eigenvalue weighted by Crippen LogP contribution is 2.37. The van der Waals surface area contributed by atoms with Crippen molar-refractivity contribution in [2.45, 2.75) is 0 Å². The maximum atomic E-state index is 12.7. The molecular formula is C20H17ClINO5S. The number of amides is 2. The monoisotopic (exact) mass is 545 g/mol. The van der Waals surface area contributed by atoms with E-state index in [0.717, 1.165) is 20.9 Å². The third kappa shape index (κ3) is 5.18. The second-order valence-electron chi connectivity index (χ2n) is 5.87. The van der Waals surface area contributed by atoms with E-state index in [4.69, 9.17) is 25.8 Å². The Kier molecular flexibility index (Phi) is 7.31. The van der Waals surface area contributed by atoms with Gasteiger partial charge >= 0.3 is 0 Å². The third-order valence-electron chi connectivity index (χ3n) is 4.02. The van der Waals surface area contributed by atoms with Crippen molar-refractivity contribution in [1.29, 1.82) is 0 Å². The van der Waals surface area contributed by atoms with Crippen molar-refractivity contribution in [1.82, 2.24) is 4.90 Å². The minimum atomic E-state index is -0.343. The number of ether oxygens (including phenoxy) is 3. The van der Waals surface area contributed by atoms with Gasteiger partial charge in [-0.15, -0.1) is 0 Å². The predicted octanol–water partition coefficient (Wildman–Crippen LogP) is 5.08. The van der Waals surface area contributed by atoms with E-state index in [0.29, 0.717) is 27.2 Å². The summed E-state index contributed by atoms with van der Waals surface area (Å²) in [5, 5.41) is 0.286. The normalized spacial score (nSPS) is 15.2. The molecule has 3 rings (SSSR count). The van der Waals surface area contributed by atoms with Crippen LogP contribution in [0.2, 0.25) is 5.02 Å². The lowest BCUT2D eigenvalue weighted by Crippen LogP contribution is -2.32. The van der Waals surface area contributed by atoms with E-state index in [1.54, 1.807) is 50.6 Å². The third-order valence-corrected chi connectivity index (χ3v) is 5.99. The molecule has 0 aromatic heterocycles. The Labute approximate surface area is 191 Å². The highest BCUT2D eigenvalue weighted by Gasteiger charge is 2.34. The van der Waals surface area contributed by atoms with E-state index in [9.17, 15) is 9.59 Å². The van der Waals surface area contributed by atoms with Gasteiger partial charge in [-0.3, -0.25) is 14.5 Å². The summed E-state index contributed by atoms with van der Waals surface area (Å²) in [4.78, 5) is 26.5. The molecule has 9 heteroatoms. The van der Waals surface area contributed by atoms with Gasteiger partial charge in [0, 0.05) is 5.02 Å². The van der Waals surface area contributed by atoms with E-state index in [1.165, 1.54) is 4.90 Å². The lowest BCUT2D eigenvalue weighted by atomic mass is 10.2. The number of imide groups is 1. The zero-order chi connectivity index (χ0) is 21.0. The number of hydrogen-bond donors (Lipinski definition) is 0. The molecule has 0 radical (unpaired) electrons. The number of halogens is 2. The molecule has 1 aliphatic rings. The zero-order valence-corrected chi connectivity index (χ0v) is 19.3. The van der Waals surface area contributed by atoms with Crippen LogP contribution in [0, 0.1) is 3.57 Å². The SMILES string of the molecule is COc1cc(/C=C2\SC(=O)N(CCOc3ccc(Cl)cc3)C2=O)cc(I)c1OC. The molecule has 0 unspecified atom stereocenters. The molecule has 0 N–H and O–H groups in total. The number of rotatable bonds is 7. The number of benzene rings is 2. The smallest absolute Gasteiger partial charge is 0.293 e. The summed E-state index contributed by atoms with van der Waals surface area (Å²) in [5.41, 5.74) is 0.745. The molecule has 29 heavy (non-hydrogen) atoms. The molecule has 6 nitrogen and oxygen atoms in total. The summed E-state index contributed by atoms with van der Waals surface area (Å²) in [5.74, 6) is 1.46. The van der Waals surface area contributed by atoms with Crippen LogP contribution in [0.25, 0.3) is 6.08 Å². The molecule has 0 bridgehead atoms. The van der Waals surface area contributed by atoms with E-state index in [1.807, 2.05) is 6.07 Å². The van der Waals surface area contributed by atoms with Crippen LogP contribution in [0.1, 0.15) is 5.56 Å². The Morgan fingerprint density at radius 2 is 1.86 bits per heavy atom. The molecule has 0 saturated carbocycles. The number of carbonyl (C=O) groups is 2. The number of methoxy groups -OCH3 is 2. The molecule has 2 aromatic carbocycles. The lowest BCUT2D eigenvalue weighted by Gasteiger charge is -2.13. The minimum Gasteiger partial charge on any atom is -0.493 e. The van der Waals surface area contributed by atoms with Gasteiger partial charge in [0.25, 0.3) is 11.1 Å². The minimum absolute atomic E-state index is 0.161. The predicted molar refractivity (Wildman–Crippen MR) is 122 cm³/mol. The van der Waals surface area contributed by atoms with Gasteiger partial charge in [-0.1, -0.05) is 11.6 Å². The van der Waals surface area contributed by atoms with Gasteiger partial charge in [0.2, 0.25) is 0 Å². The first-order chi connectivity index (χ1) is 13.9. The Bertz CT molecular complexity index is 964. The standard InChI is InChI=1S/C20H17ClINO5S/c1-26-16-10-12(9-15(22)18(16)27-2)11-17-19(24)23(20(25)29-17)7-8-28-14-5-3-13(21)4-6-14/h3-6,9-11H,7-8H2,1-2H3/b17-11-. The highest BCUT2D eigenvalue weighted by atomic mass is 127. The molecule has 2 aromatic rings. The maximum Gasteiger partial charge on any atom is 0.293 e. The molecule has 1 saturated heterocycles. The number of carbonyl (C=O) groups excluding carboxylic acids is 2. The van der Waals surface area contributed by atoms with Gasteiger partial charge in [-0.05, 0) is 82.4 Å². The fraction of sp³-hybridized carbons (Fsp3) is 0.200. The van der Waals surface area contributed by atoms with Gasteiger partial charge < -0.3 is 14.2 Å². The van der Waals surface area contributed by atoms with Gasteiger partial charge in [-0.2, -0.15) is 0 Å². The first kappa shape index (κ1) is 21.8. The van der Waals surface area contributed by atoms with Gasteiger partial charge in [0.15, 0.2) is 11.5 Å². The average Bonchev–Trinajstić information content (AvgIpc) is 2.96. The van der Waals surface area contributed by atoms with E-state index in [2.05, 4.69) is 22.6 Å². The summed E-state index contributed by atoms with van der Waals surface area (Å²) in [6.45, 7) is 0.356. The van der Waals surface area contributed by atoms with E-state index in [-0.39, 0.29) is 24.3 Å². The summed E-state index contributed by atoms with van der Waals surface area (Å²) in [7, 11) is 3.11. The largest absolute Gasteiger partial charge is 0.493 e. The molecule has 0 atom stereocenters. The van der Waals surface area contributed by atoms with Crippen molar-refractivity contribution in [2.75, 3.05) is 27.4 Å². The van der Waals surface area contributed by atoms with Gasteiger partial charge in [0.05, 0.1) is 29.2 Å². The number of hydrogen-bond acceptors (Lipinski definition) is 6. The fourth-order valence-corrected chi connectivity index (χ4v) is 4.49. The van der Waals surface area contributed by atoms with Crippen molar-refractivity contribution in [3.63, 3.8) is 0 Å². The Hall–Kier alpha value is -1.91. The summed E-state index contributed by atoms with van der Waals surface area (Å²) in [6.07, 6.45) is 1.68. The van der Waals surface area contributed by atoms with E-state index >= 15 is 0 Å². The topological polar surface area (TPSA) is 65.1 Å². The van der Waals surface area contributed by atoms with Crippen LogP contribution in [-0.2, 0) is 4.79 Å². The Morgan fingerprint density at radius 1 is 1.14 bits per heavy atom. The lowest BCUT2D eigenvalue weighted by molar-refractivity contribution is -0.123. The van der Waals surface area contributed by atoms with Crippen LogP contribution < -0.4 is 14.2 Å². The van der Waals surface area contributed by atoms with Crippen LogP contribution in [0.5, 0.6) is 17.2 Å². The molecule has 152 valence electrons. The van der Waals surface area contributed by atoms with Crippen LogP contribution in [0.15, 0.2) is 41.3 Å². The Morgan fingerprint density at radius 3 is 2.52 bits per heavy atom. The van der Waals surface area contributed by atoms with Crippen molar-refractivity contribution >= 4 is 63.2 Å². The molecule has 1 aliphatic heterocycles. The summed E-state index contributed by atoms with van der Waals surface area (Å²) in [6, 6.07) is 10.5. The second kappa shape index (κ2) is 9.73. The van der Waals surface area contributed by atoms with Crippen molar-refractivity contribution < 1.29 is 23.8 Å². The number of thioether (sulfide) groups is 1. The van der Waals surface area contributed by atoms with E-state index < -0.39 is 0 Å². The summed E-state index contributed by atoms with van der Waals surface area (Å²) >= 11 is 8.88. The van der Waals surface area contributed by atoms with Crippen LogP contribution in [0.4, 0.5) is 4.79 Å². The van der Waals surface area contributed by atoms with Crippen molar-refractivity contribution in [3.8, 4) is 17.2 Å². The number of nitrogens with zero attached hydrogens (tertiary/aromatic N) is 1.